The Bertz CT molecular complexity index is 616. The molecule has 5 heteroatoms. The summed E-state index contributed by atoms with van der Waals surface area (Å²) in [7, 11) is 1.86. The van der Waals surface area contributed by atoms with Crippen molar-refractivity contribution in [2.45, 2.75) is 44.7 Å². The van der Waals surface area contributed by atoms with Crippen molar-refractivity contribution in [2.24, 2.45) is 0 Å². The van der Waals surface area contributed by atoms with Gasteiger partial charge in [-0.05, 0) is 44.9 Å². The van der Waals surface area contributed by atoms with Crippen LogP contribution in [-0.2, 0) is 4.79 Å². The summed E-state index contributed by atoms with van der Waals surface area (Å²) in [6.45, 7) is 3.10. The molecule has 0 bridgehead atoms. The molecule has 0 aliphatic carbocycles. The molecule has 0 saturated carbocycles. The van der Waals surface area contributed by atoms with E-state index in [1.54, 1.807) is 4.90 Å². The van der Waals surface area contributed by atoms with Crippen LogP contribution >= 0.6 is 12.4 Å². The molecule has 1 N–H and O–H groups in total. The maximum Gasteiger partial charge on any atom is 0.222 e. The number of fused-ring (bicyclic) bond motifs is 1. The molecule has 2 atom stereocenters. The average molecular weight is 337 g/mol. The number of benzene rings is 1. The predicted octanol–water partition coefficient (Wildman–Crippen LogP) is 3.91. The molecule has 2 heterocycles. The van der Waals surface area contributed by atoms with E-state index in [0.717, 1.165) is 29.7 Å². The highest BCUT2D eigenvalue weighted by molar-refractivity contribution is 5.85. The molecule has 1 aromatic heterocycles. The van der Waals surface area contributed by atoms with Crippen molar-refractivity contribution < 1.29 is 9.21 Å². The van der Waals surface area contributed by atoms with Crippen LogP contribution < -0.4 is 5.32 Å². The quantitative estimate of drug-likeness (QED) is 0.900. The number of furan rings is 1. The molecule has 1 aliphatic heterocycles. The van der Waals surface area contributed by atoms with E-state index < -0.39 is 0 Å². The van der Waals surface area contributed by atoms with Crippen molar-refractivity contribution >= 4 is 29.3 Å². The Morgan fingerprint density at radius 3 is 2.91 bits per heavy atom. The minimum Gasteiger partial charge on any atom is -0.459 e. The SMILES string of the molecule is CC(c1cc2ccccc2o1)N(C)C(=O)CCC1CCCN1.Cl. The predicted molar refractivity (Wildman–Crippen MR) is 94.9 cm³/mol. The molecular weight excluding hydrogens is 312 g/mol. The first kappa shape index (κ1) is 17.8. The Labute approximate surface area is 143 Å². The molecule has 2 aromatic rings. The van der Waals surface area contributed by atoms with Crippen LogP contribution in [0.4, 0.5) is 0 Å². The van der Waals surface area contributed by atoms with Gasteiger partial charge in [0.1, 0.15) is 11.3 Å². The summed E-state index contributed by atoms with van der Waals surface area (Å²) in [6, 6.07) is 10.4. The molecular formula is C18H25ClN2O2. The van der Waals surface area contributed by atoms with Crippen LogP contribution in [0.3, 0.4) is 0 Å². The largest absolute Gasteiger partial charge is 0.459 e. The smallest absolute Gasteiger partial charge is 0.222 e. The van der Waals surface area contributed by atoms with Crippen LogP contribution in [0.25, 0.3) is 11.0 Å². The van der Waals surface area contributed by atoms with Crippen LogP contribution in [0.1, 0.15) is 44.4 Å². The number of hydrogen-bond donors (Lipinski definition) is 1. The first-order valence-corrected chi connectivity index (χ1v) is 8.12. The van der Waals surface area contributed by atoms with Gasteiger partial charge in [-0.2, -0.15) is 0 Å². The Morgan fingerprint density at radius 2 is 2.22 bits per heavy atom. The summed E-state index contributed by atoms with van der Waals surface area (Å²) in [5.74, 6) is 1.03. The summed E-state index contributed by atoms with van der Waals surface area (Å²) >= 11 is 0. The topological polar surface area (TPSA) is 45.5 Å². The van der Waals surface area contributed by atoms with Crippen LogP contribution in [0.5, 0.6) is 0 Å². The molecule has 4 nitrogen and oxygen atoms in total. The highest BCUT2D eigenvalue weighted by atomic mass is 35.5. The fourth-order valence-electron chi connectivity index (χ4n) is 3.09. The van der Waals surface area contributed by atoms with Crippen LogP contribution in [0.15, 0.2) is 34.7 Å². The van der Waals surface area contributed by atoms with Gasteiger partial charge in [0.2, 0.25) is 5.91 Å². The second-order valence-corrected chi connectivity index (χ2v) is 6.20. The summed E-state index contributed by atoms with van der Waals surface area (Å²) in [6.07, 6.45) is 3.94. The van der Waals surface area contributed by atoms with Gasteiger partial charge in [0, 0.05) is 24.9 Å². The Hall–Kier alpha value is -1.52. The zero-order valence-corrected chi connectivity index (χ0v) is 14.6. The van der Waals surface area contributed by atoms with Crippen molar-refractivity contribution in [1.82, 2.24) is 10.2 Å². The summed E-state index contributed by atoms with van der Waals surface area (Å²) in [4.78, 5) is 14.2. The first-order chi connectivity index (χ1) is 10.6. The lowest BCUT2D eigenvalue weighted by Crippen LogP contribution is -2.31. The molecule has 0 radical (unpaired) electrons. The van der Waals surface area contributed by atoms with Crippen molar-refractivity contribution in [3.05, 3.63) is 36.1 Å². The third-order valence-electron chi connectivity index (χ3n) is 4.70. The number of amides is 1. The number of carbonyl (C=O) groups excluding carboxylic acids is 1. The highest BCUT2D eigenvalue weighted by Gasteiger charge is 2.22. The number of nitrogens with one attached hydrogen (secondary N) is 1. The van der Waals surface area contributed by atoms with Gasteiger partial charge in [0.05, 0.1) is 6.04 Å². The fraction of sp³-hybridized carbons (Fsp3) is 0.500. The first-order valence-electron chi connectivity index (χ1n) is 8.12. The van der Waals surface area contributed by atoms with Crippen LogP contribution in [0.2, 0.25) is 0 Å². The third kappa shape index (κ3) is 4.06. The van der Waals surface area contributed by atoms with Crippen molar-refractivity contribution in [2.75, 3.05) is 13.6 Å². The minimum atomic E-state index is -0.0450. The third-order valence-corrected chi connectivity index (χ3v) is 4.70. The van der Waals surface area contributed by atoms with E-state index in [2.05, 4.69) is 5.32 Å². The van der Waals surface area contributed by atoms with E-state index in [1.807, 2.05) is 44.3 Å². The minimum absolute atomic E-state index is 0. The molecule has 126 valence electrons. The molecule has 1 fully saturated rings. The van der Waals surface area contributed by atoms with Crippen LogP contribution in [-0.4, -0.2) is 30.4 Å². The Kier molecular flexibility index (Phi) is 6.08. The van der Waals surface area contributed by atoms with E-state index in [1.165, 1.54) is 12.8 Å². The molecule has 0 spiro atoms. The van der Waals surface area contributed by atoms with Gasteiger partial charge in [-0.3, -0.25) is 4.79 Å². The number of nitrogens with zero attached hydrogens (tertiary/aromatic N) is 1. The average Bonchev–Trinajstić information content (AvgIpc) is 3.19. The van der Waals surface area contributed by atoms with E-state index in [0.29, 0.717) is 12.5 Å². The van der Waals surface area contributed by atoms with Gasteiger partial charge in [0.15, 0.2) is 0 Å². The molecule has 1 aromatic carbocycles. The molecule has 1 amide bonds. The molecule has 3 rings (SSSR count). The molecule has 2 unspecified atom stereocenters. The molecule has 1 saturated heterocycles. The van der Waals surface area contributed by atoms with E-state index in [9.17, 15) is 4.79 Å². The summed E-state index contributed by atoms with van der Waals surface area (Å²) in [5, 5.41) is 4.52. The lowest BCUT2D eigenvalue weighted by atomic mass is 10.1. The van der Waals surface area contributed by atoms with Crippen molar-refractivity contribution in [3.8, 4) is 0 Å². The zero-order valence-electron chi connectivity index (χ0n) is 13.7. The molecule has 23 heavy (non-hydrogen) atoms. The Balaban J connectivity index is 0.00000192. The summed E-state index contributed by atoms with van der Waals surface area (Å²) < 4.78 is 5.87. The monoisotopic (exact) mass is 336 g/mol. The van der Waals surface area contributed by atoms with Gasteiger partial charge in [-0.15, -0.1) is 12.4 Å². The number of halogens is 1. The number of carbonyl (C=O) groups is 1. The maximum absolute atomic E-state index is 12.4. The summed E-state index contributed by atoms with van der Waals surface area (Å²) in [5.41, 5.74) is 0.875. The number of para-hydroxylation sites is 1. The van der Waals surface area contributed by atoms with Gasteiger partial charge >= 0.3 is 0 Å². The Morgan fingerprint density at radius 1 is 1.43 bits per heavy atom. The molecule has 1 aliphatic rings. The zero-order chi connectivity index (χ0) is 15.5. The van der Waals surface area contributed by atoms with Gasteiger partial charge in [0.25, 0.3) is 0 Å². The van der Waals surface area contributed by atoms with Crippen molar-refractivity contribution in [3.63, 3.8) is 0 Å². The van der Waals surface area contributed by atoms with E-state index in [4.69, 9.17) is 4.42 Å². The normalized spacial score (nSPS) is 18.6. The van der Waals surface area contributed by atoms with Crippen LogP contribution in [0, 0.1) is 0 Å². The maximum atomic E-state index is 12.4. The second-order valence-electron chi connectivity index (χ2n) is 6.20. The lowest BCUT2D eigenvalue weighted by molar-refractivity contribution is -0.132. The standard InChI is InChI=1S/C18H24N2O2.ClH/c1-13(17-12-14-6-3-4-8-16(14)22-17)20(2)18(21)10-9-15-7-5-11-19-15;/h3-4,6,8,12-13,15,19H,5,7,9-11H2,1-2H3;1H. The number of hydrogen-bond acceptors (Lipinski definition) is 3. The van der Waals surface area contributed by atoms with E-state index >= 15 is 0 Å². The number of rotatable bonds is 5. The second kappa shape index (κ2) is 7.84. The van der Waals surface area contributed by atoms with Gasteiger partial charge in [-0.1, -0.05) is 18.2 Å². The van der Waals surface area contributed by atoms with Crippen molar-refractivity contribution in [1.29, 1.82) is 0 Å². The fourth-order valence-corrected chi connectivity index (χ4v) is 3.09. The highest BCUT2D eigenvalue weighted by Crippen LogP contribution is 2.27. The lowest BCUT2D eigenvalue weighted by Gasteiger charge is -2.24. The van der Waals surface area contributed by atoms with Gasteiger partial charge < -0.3 is 14.6 Å². The van der Waals surface area contributed by atoms with Gasteiger partial charge in [-0.25, -0.2) is 0 Å². The van der Waals surface area contributed by atoms with E-state index in [-0.39, 0.29) is 24.4 Å².